The Morgan fingerprint density at radius 1 is 1.21 bits per heavy atom. The Morgan fingerprint density at radius 2 is 1.93 bits per heavy atom. The number of anilines is 2. The van der Waals surface area contributed by atoms with Gasteiger partial charge in [-0.1, -0.05) is 18.9 Å². The Hall–Kier alpha value is -2.41. The summed E-state index contributed by atoms with van der Waals surface area (Å²) in [5, 5.41) is 8.74. The third kappa shape index (κ3) is 5.35. The predicted molar refractivity (Wildman–Crippen MR) is 114 cm³/mol. The topological polar surface area (TPSA) is 90.5 Å². The number of hydrogen-bond donors (Lipinski definition) is 3. The molecule has 0 spiro atoms. The fourth-order valence-corrected chi connectivity index (χ4v) is 4.20. The van der Waals surface area contributed by atoms with Gasteiger partial charge in [0.25, 0.3) is 0 Å². The van der Waals surface area contributed by atoms with Crippen LogP contribution in [0.15, 0.2) is 18.2 Å². The number of nitrogens with one attached hydrogen (secondary N) is 3. The summed E-state index contributed by atoms with van der Waals surface area (Å²) >= 11 is 0. The number of hydrogen-bond acceptors (Lipinski definition) is 4. The Kier molecular flexibility index (Phi) is 6.90. The number of benzene rings is 1. The second kappa shape index (κ2) is 9.39. The highest BCUT2D eigenvalue weighted by molar-refractivity contribution is 5.98. The molecule has 1 aromatic carbocycles. The summed E-state index contributed by atoms with van der Waals surface area (Å²) in [7, 11) is 0. The van der Waals surface area contributed by atoms with Gasteiger partial charge in [0.1, 0.15) is 0 Å². The van der Waals surface area contributed by atoms with Gasteiger partial charge in [0.05, 0.1) is 12.5 Å². The van der Waals surface area contributed by atoms with Crippen LogP contribution in [0.5, 0.6) is 0 Å². The molecule has 1 heterocycles. The van der Waals surface area contributed by atoms with Gasteiger partial charge in [-0.25, -0.2) is 0 Å². The van der Waals surface area contributed by atoms with Crippen molar-refractivity contribution in [3.8, 4) is 0 Å². The number of aryl methyl sites for hydroxylation is 1. The number of rotatable bonds is 6. The van der Waals surface area contributed by atoms with Crippen molar-refractivity contribution in [1.29, 1.82) is 0 Å². The van der Waals surface area contributed by atoms with Crippen LogP contribution in [0, 0.1) is 12.8 Å². The Balaban J connectivity index is 1.64. The van der Waals surface area contributed by atoms with Gasteiger partial charge in [-0.2, -0.15) is 0 Å². The highest BCUT2D eigenvalue weighted by atomic mass is 16.2. The number of carbonyl (C=O) groups is 3. The summed E-state index contributed by atoms with van der Waals surface area (Å²) in [5.74, 6) is -0.175. The molecular weight excluding hydrogens is 368 g/mol. The molecule has 2 fully saturated rings. The van der Waals surface area contributed by atoms with Crippen LogP contribution in [0.3, 0.4) is 0 Å². The average molecular weight is 401 g/mol. The third-order valence-electron chi connectivity index (χ3n) is 5.92. The molecule has 3 rings (SSSR count). The van der Waals surface area contributed by atoms with E-state index in [9.17, 15) is 14.4 Å². The summed E-state index contributed by atoms with van der Waals surface area (Å²) in [6, 6.07) is 5.26. The second-order valence-corrected chi connectivity index (χ2v) is 8.39. The average Bonchev–Trinajstić information content (AvgIpc) is 3.21. The molecule has 1 aliphatic heterocycles. The third-order valence-corrected chi connectivity index (χ3v) is 5.92. The van der Waals surface area contributed by atoms with Crippen LogP contribution in [0.25, 0.3) is 0 Å². The summed E-state index contributed by atoms with van der Waals surface area (Å²) in [5.41, 5.74) is 2.25. The van der Waals surface area contributed by atoms with E-state index < -0.39 is 6.04 Å². The van der Waals surface area contributed by atoms with E-state index in [2.05, 4.69) is 20.9 Å². The van der Waals surface area contributed by atoms with E-state index in [0.29, 0.717) is 17.9 Å². The van der Waals surface area contributed by atoms with E-state index >= 15 is 0 Å². The van der Waals surface area contributed by atoms with Gasteiger partial charge >= 0.3 is 0 Å². The highest BCUT2D eigenvalue weighted by Crippen LogP contribution is 2.27. The summed E-state index contributed by atoms with van der Waals surface area (Å²) in [6.07, 6.45) is 4.20. The maximum atomic E-state index is 12.7. The molecule has 7 nitrogen and oxygen atoms in total. The normalized spacial score (nSPS) is 20.6. The lowest BCUT2D eigenvalue weighted by atomic mass is 10.1. The van der Waals surface area contributed by atoms with Gasteiger partial charge < -0.3 is 16.0 Å². The first-order valence-corrected chi connectivity index (χ1v) is 10.6. The largest absolute Gasteiger partial charge is 0.353 e. The summed E-state index contributed by atoms with van der Waals surface area (Å²) in [4.78, 5) is 39.4. The number of amides is 3. The van der Waals surface area contributed by atoms with Crippen molar-refractivity contribution in [1.82, 2.24) is 10.2 Å². The van der Waals surface area contributed by atoms with Crippen molar-refractivity contribution in [2.45, 2.75) is 65.0 Å². The minimum Gasteiger partial charge on any atom is -0.353 e. The zero-order chi connectivity index (χ0) is 21.0. The lowest BCUT2D eigenvalue weighted by Crippen LogP contribution is -2.58. The molecule has 1 aliphatic carbocycles. The van der Waals surface area contributed by atoms with Gasteiger partial charge in [0.2, 0.25) is 17.7 Å². The smallest absolute Gasteiger partial charge is 0.237 e. The summed E-state index contributed by atoms with van der Waals surface area (Å²) < 4.78 is 0. The molecule has 0 bridgehead atoms. The maximum Gasteiger partial charge on any atom is 0.237 e. The molecular formula is C22H32N4O3. The van der Waals surface area contributed by atoms with Crippen LogP contribution in [-0.2, 0) is 14.4 Å². The number of carbonyl (C=O) groups excluding carboxylic acids is 3. The van der Waals surface area contributed by atoms with Gasteiger partial charge in [-0.15, -0.1) is 0 Å². The van der Waals surface area contributed by atoms with E-state index in [-0.39, 0.29) is 36.1 Å². The highest BCUT2D eigenvalue weighted by Gasteiger charge is 2.33. The minimum atomic E-state index is -0.464. The van der Waals surface area contributed by atoms with E-state index in [1.54, 1.807) is 6.07 Å². The molecule has 3 N–H and O–H groups in total. The zero-order valence-electron chi connectivity index (χ0n) is 17.6. The first kappa shape index (κ1) is 21.3. The molecule has 29 heavy (non-hydrogen) atoms. The quantitative estimate of drug-likeness (QED) is 0.685. The van der Waals surface area contributed by atoms with Crippen molar-refractivity contribution in [2.75, 3.05) is 23.7 Å². The van der Waals surface area contributed by atoms with Gasteiger partial charge in [-0.05, 0) is 51.3 Å². The van der Waals surface area contributed by atoms with Crippen molar-refractivity contribution in [2.24, 2.45) is 5.92 Å². The molecule has 1 atom stereocenters. The number of nitrogens with zero attached hydrogens (tertiary/aromatic N) is 1. The fraction of sp³-hybridized carbons (Fsp3) is 0.591. The molecule has 158 valence electrons. The molecule has 1 saturated heterocycles. The van der Waals surface area contributed by atoms with E-state index in [4.69, 9.17) is 0 Å². The first-order chi connectivity index (χ1) is 13.8. The standard InChI is InChI=1S/C22H32N4O3/c1-14(2)26-11-10-23-22(29)19(26)13-20(27)25-18-12-17(9-8-15(18)3)24-21(28)16-6-4-5-7-16/h8-9,12,14,16,19H,4-7,10-11,13H2,1-3H3,(H,23,29)(H,24,28)(H,25,27). The SMILES string of the molecule is Cc1ccc(NC(=O)C2CCCC2)cc1NC(=O)CC1C(=O)NCCN1C(C)C. The van der Waals surface area contributed by atoms with Crippen molar-refractivity contribution in [3.63, 3.8) is 0 Å². The van der Waals surface area contributed by atoms with Crippen molar-refractivity contribution in [3.05, 3.63) is 23.8 Å². The molecule has 0 aromatic heterocycles. The Morgan fingerprint density at radius 3 is 2.62 bits per heavy atom. The first-order valence-electron chi connectivity index (χ1n) is 10.6. The van der Waals surface area contributed by atoms with Crippen LogP contribution in [0.2, 0.25) is 0 Å². The Bertz CT molecular complexity index is 771. The lowest BCUT2D eigenvalue weighted by Gasteiger charge is -2.37. The molecule has 3 amide bonds. The summed E-state index contributed by atoms with van der Waals surface area (Å²) in [6.45, 7) is 7.32. The number of piperazine rings is 1. The Labute approximate surface area is 172 Å². The van der Waals surface area contributed by atoms with E-state index in [1.165, 1.54) is 0 Å². The van der Waals surface area contributed by atoms with Gasteiger partial charge in [-0.3, -0.25) is 19.3 Å². The van der Waals surface area contributed by atoms with Crippen LogP contribution in [0.1, 0.15) is 51.5 Å². The van der Waals surface area contributed by atoms with Crippen molar-refractivity contribution >= 4 is 29.1 Å². The lowest BCUT2D eigenvalue weighted by molar-refractivity contribution is -0.133. The second-order valence-electron chi connectivity index (χ2n) is 8.39. The predicted octanol–water partition coefficient (Wildman–Crippen LogP) is 2.66. The molecule has 1 aromatic rings. The molecule has 2 aliphatic rings. The fourth-order valence-electron chi connectivity index (χ4n) is 4.20. The molecule has 1 saturated carbocycles. The maximum absolute atomic E-state index is 12.7. The molecule has 0 radical (unpaired) electrons. The van der Waals surface area contributed by atoms with Crippen LogP contribution in [-0.4, -0.2) is 47.8 Å². The van der Waals surface area contributed by atoms with Gasteiger partial charge in [0, 0.05) is 36.4 Å². The van der Waals surface area contributed by atoms with E-state index in [0.717, 1.165) is 37.8 Å². The van der Waals surface area contributed by atoms with Gasteiger partial charge in [0.15, 0.2) is 0 Å². The zero-order valence-corrected chi connectivity index (χ0v) is 17.6. The molecule has 1 unspecified atom stereocenters. The van der Waals surface area contributed by atoms with Crippen LogP contribution < -0.4 is 16.0 Å². The van der Waals surface area contributed by atoms with E-state index in [1.807, 2.05) is 32.9 Å². The van der Waals surface area contributed by atoms with Crippen LogP contribution in [0.4, 0.5) is 11.4 Å². The van der Waals surface area contributed by atoms with Crippen LogP contribution >= 0.6 is 0 Å². The molecule has 7 heteroatoms. The van der Waals surface area contributed by atoms with Crippen molar-refractivity contribution < 1.29 is 14.4 Å². The minimum absolute atomic E-state index is 0.0510. The monoisotopic (exact) mass is 400 g/mol.